The molecule has 1 N–H and O–H groups in total. The molecule has 1 saturated heterocycles. The second kappa shape index (κ2) is 9.60. The first-order valence-corrected chi connectivity index (χ1v) is 11.2. The molecule has 0 spiro atoms. The first-order valence-electron chi connectivity index (χ1n) is 11.2. The van der Waals surface area contributed by atoms with Gasteiger partial charge in [0.1, 0.15) is 17.3 Å². The molecule has 2 atom stereocenters. The minimum absolute atomic E-state index is 0.0681. The highest BCUT2D eigenvalue weighted by Crippen LogP contribution is 2.39. The summed E-state index contributed by atoms with van der Waals surface area (Å²) in [7, 11) is 1.75. The molecule has 4 rings (SSSR count). The van der Waals surface area contributed by atoms with E-state index in [4.69, 9.17) is 4.74 Å². The molecule has 10 heteroatoms. The Morgan fingerprint density at radius 3 is 2.62 bits per heavy atom. The second-order valence-corrected chi connectivity index (χ2v) is 8.83. The van der Waals surface area contributed by atoms with E-state index in [1.807, 2.05) is 6.07 Å². The molecule has 0 bridgehead atoms. The standard InChI is InChI=1S/C24H27F3N6O/c1-15-12-33(13-16(2)30-15)7-4-8-34-22-6-5-17(9-18(22)24(25,26)27)19-10-21-23(20(11-28)31-19)29-14-32(21)3/h5-6,9-10,14-16,30H,4,7-8,12-13H2,1-3H3/t15-,16+. The van der Waals surface area contributed by atoms with Crippen LogP contribution in [0.15, 0.2) is 30.6 Å². The Labute approximate surface area is 196 Å². The highest BCUT2D eigenvalue weighted by molar-refractivity contribution is 5.84. The summed E-state index contributed by atoms with van der Waals surface area (Å²) in [5.74, 6) is -0.208. The number of aromatic nitrogens is 3. The molecule has 180 valence electrons. The summed E-state index contributed by atoms with van der Waals surface area (Å²) in [5.41, 5.74) is 0.762. The lowest BCUT2D eigenvalue weighted by Gasteiger charge is -2.36. The number of aryl methyl sites for hydroxylation is 1. The summed E-state index contributed by atoms with van der Waals surface area (Å²) in [4.78, 5) is 10.7. The van der Waals surface area contributed by atoms with E-state index >= 15 is 0 Å². The third-order valence-corrected chi connectivity index (χ3v) is 5.91. The molecule has 1 aliphatic rings. The van der Waals surface area contributed by atoms with Gasteiger partial charge >= 0.3 is 6.18 Å². The number of piperazine rings is 1. The molecule has 1 aromatic carbocycles. The molecule has 7 nitrogen and oxygen atoms in total. The zero-order valence-electron chi connectivity index (χ0n) is 19.4. The van der Waals surface area contributed by atoms with Crippen molar-refractivity contribution in [3.8, 4) is 23.1 Å². The predicted octanol–water partition coefficient (Wildman–Crippen LogP) is 3.98. The number of hydrogen-bond acceptors (Lipinski definition) is 6. The van der Waals surface area contributed by atoms with Gasteiger partial charge in [-0.2, -0.15) is 18.4 Å². The number of fused-ring (bicyclic) bond motifs is 1. The third kappa shape index (κ3) is 5.16. The number of imidazole rings is 1. The van der Waals surface area contributed by atoms with Crippen molar-refractivity contribution >= 4 is 11.0 Å². The Morgan fingerprint density at radius 2 is 1.94 bits per heavy atom. The number of nitriles is 1. The highest BCUT2D eigenvalue weighted by Gasteiger charge is 2.35. The van der Waals surface area contributed by atoms with Crippen LogP contribution in [-0.4, -0.2) is 57.8 Å². The lowest BCUT2D eigenvalue weighted by Crippen LogP contribution is -2.54. The fourth-order valence-corrected chi connectivity index (χ4v) is 4.48. The number of pyridine rings is 1. The summed E-state index contributed by atoms with van der Waals surface area (Å²) in [6.07, 6.45) is -2.43. The number of benzene rings is 1. The smallest absolute Gasteiger partial charge is 0.419 e. The molecular formula is C24H27F3N6O. The van der Waals surface area contributed by atoms with Crippen molar-refractivity contribution in [1.82, 2.24) is 24.8 Å². The van der Waals surface area contributed by atoms with Crippen LogP contribution >= 0.6 is 0 Å². The van der Waals surface area contributed by atoms with Crippen LogP contribution in [-0.2, 0) is 13.2 Å². The van der Waals surface area contributed by atoms with Crippen LogP contribution in [0.3, 0.4) is 0 Å². The normalized spacial score (nSPS) is 19.3. The first kappa shape index (κ1) is 24.0. The van der Waals surface area contributed by atoms with Crippen LogP contribution in [0.25, 0.3) is 22.3 Å². The largest absolute Gasteiger partial charge is 0.493 e. The van der Waals surface area contributed by atoms with Gasteiger partial charge in [-0.25, -0.2) is 9.97 Å². The summed E-state index contributed by atoms with van der Waals surface area (Å²) >= 11 is 0. The lowest BCUT2D eigenvalue weighted by atomic mass is 10.1. The van der Waals surface area contributed by atoms with Gasteiger partial charge in [-0.15, -0.1) is 0 Å². The van der Waals surface area contributed by atoms with Crippen LogP contribution in [0.5, 0.6) is 5.75 Å². The monoisotopic (exact) mass is 472 g/mol. The zero-order chi connectivity index (χ0) is 24.5. The third-order valence-electron chi connectivity index (χ3n) is 5.91. The van der Waals surface area contributed by atoms with E-state index < -0.39 is 11.7 Å². The summed E-state index contributed by atoms with van der Waals surface area (Å²) < 4.78 is 48.9. The van der Waals surface area contributed by atoms with Crippen molar-refractivity contribution in [1.29, 1.82) is 5.26 Å². The van der Waals surface area contributed by atoms with Gasteiger partial charge in [0.2, 0.25) is 0 Å². The number of ether oxygens (including phenoxy) is 1. The summed E-state index contributed by atoms with van der Waals surface area (Å²) in [6, 6.07) is 8.27. The Hall–Kier alpha value is -3.16. The van der Waals surface area contributed by atoms with Crippen LogP contribution in [0.1, 0.15) is 31.5 Å². The SMILES string of the molecule is C[C@@H]1CN(CCCOc2ccc(-c3cc4c(ncn4C)c(C#N)n3)cc2C(F)(F)F)C[C@H](C)N1. The fourth-order valence-electron chi connectivity index (χ4n) is 4.48. The van der Waals surface area contributed by atoms with Crippen LogP contribution in [0.2, 0.25) is 0 Å². The van der Waals surface area contributed by atoms with Crippen molar-refractivity contribution in [2.24, 2.45) is 7.05 Å². The van der Waals surface area contributed by atoms with Gasteiger partial charge in [-0.05, 0) is 44.5 Å². The summed E-state index contributed by atoms with van der Waals surface area (Å²) in [5, 5.41) is 12.9. The maximum absolute atomic E-state index is 13.9. The fraction of sp³-hybridized carbons (Fsp3) is 0.458. The van der Waals surface area contributed by atoms with Crippen molar-refractivity contribution in [3.05, 3.63) is 41.9 Å². The quantitative estimate of drug-likeness (QED) is 0.547. The number of hydrogen-bond donors (Lipinski definition) is 1. The topological polar surface area (TPSA) is 79.0 Å². The van der Waals surface area contributed by atoms with Crippen molar-refractivity contribution in [2.45, 2.75) is 38.5 Å². The van der Waals surface area contributed by atoms with Gasteiger partial charge in [-0.1, -0.05) is 0 Å². The molecule has 3 heterocycles. The lowest BCUT2D eigenvalue weighted by molar-refractivity contribution is -0.138. The van der Waals surface area contributed by atoms with E-state index in [2.05, 4.69) is 34.0 Å². The Bertz CT molecular complexity index is 1210. The van der Waals surface area contributed by atoms with Crippen molar-refractivity contribution in [2.75, 3.05) is 26.2 Å². The zero-order valence-corrected chi connectivity index (χ0v) is 19.4. The van der Waals surface area contributed by atoms with Crippen LogP contribution < -0.4 is 10.1 Å². The van der Waals surface area contributed by atoms with Gasteiger partial charge in [0.25, 0.3) is 0 Å². The molecule has 1 aliphatic heterocycles. The van der Waals surface area contributed by atoms with E-state index in [1.54, 1.807) is 17.7 Å². The molecule has 3 aromatic rings. The minimum atomic E-state index is -4.59. The molecule has 34 heavy (non-hydrogen) atoms. The van der Waals surface area contributed by atoms with Crippen molar-refractivity contribution in [3.63, 3.8) is 0 Å². The number of alkyl halides is 3. The molecule has 2 aromatic heterocycles. The predicted molar refractivity (Wildman–Crippen MR) is 122 cm³/mol. The van der Waals surface area contributed by atoms with E-state index in [0.29, 0.717) is 29.5 Å². The van der Waals surface area contributed by atoms with Gasteiger partial charge < -0.3 is 19.5 Å². The molecule has 0 saturated carbocycles. The number of nitrogens with one attached hydrogen (secondary N) is 1. The molecule has 1 fully saturated rings. The summed E-state index contributed by atoms with van der Waals surface area (Å²) in [6.45, 7) is 7.01. The average Bonchev–Trinajstić information content (AvgIpc) is 3.15. The van der Waals surface area contributed by atoms with E-state index in [9.17, 15) is 18.4 Å². The number of halogens is 3. The van der Waals surface area contributed by atoms with Gasteiger partial charge in [0.05, 0.1) is 29.7 Å². The molecule has 0 amide bonds. The highest BCUT2D eigenvalue weighted by atomic mass is 19.4. The van der Waals surface area contributed by atoms with Crippen molar-refractivity contribution < 1.29 is 17.9 Å². The molecule has 0 aliphatic carbocycles. The van der Waals surface area contributed by atoms with E-state index in [1.165, 1.54) is 18.5 Å². The first-order chi connectivity index (χ1) is 16.2. The van der Waals surface area contributed by atoms with E-state index in [0.717, 1.165) is 25.7 Å². The second-order valence-electron chi connectivity index (χ2n) is 8.83. The molecular weight excluding hydrogens is 445 g/mol. The number of nitrogens with zero attached hydrogens (tertiary/aromatic N) is 5. The Morgan fingerprint density at radius 1 is 1.21 bits per heavy atom. The molecule has 0 unspecified atom stereocenters. The van der Waals surface area contributed by atoms with Crippen LogP contribution in [0.4, 0.5) is 13.2 Å². The average molecular weight is 473 g/mol. The van der Waals surface area contributed by atoms with Gasteiger partial charge in [-0.3, -0.25) is 0 Å². The Balaban J connectivity index is 1.53. The number of rotatable bonds is 6. The Kier molecular flexibility index (Phi) is 6.77. The maximum atomic E-state index is 13.9. The van der Waals surface area contributed by atoms with E-state index in [-0.39, 0.29) is 29.3 Å². The minimum Gasteiger partial charge on any atom is -0.493 e. The van der Waals surface area contributed by atoms with Gasteiger partial charge in [0, 0.05) is 44.3 Å². The maximum Gasteiger partial charge on any atom is 0.419 e. The van der Waals surface area contributed by atoms with Gasteiger partial charge in [0.15, 0.2) is 5.69 Å². The van der Waals surface area contributed by atoms with Crippen LogP contribution in [0, 0.1) is 11.3 Å². The molecule has 0 radical (unpaired) electrons.